The first-order valence-corrected chi connectivity index (χ1v) is 9.28. The van der Waals surface area contributed by atoms with E-state index in [0.717, 1.165) is 11.2 Å². The number of esters is 1. The monoisotopic (exact) mass is 376 g/mol. The Balaban J connectivity index is 1.53. The number of hydrogen-bond donors (Lipinski definition) is 0. The lowest BCUT2D eigenvalue weighted by molar-refractivity contribution is 0.0466. The van der Waals surface area contributed by atoms with Gasteiger partial charge in [0.05, 0.1) is 16.1 Å². The number of imidazole rings is 1. The third-order valence-corrected chi connectivity index (χ3v) is 5.01. The van der Waals surface area contributed by atoms with Crippen LogP contribution in [-0.2, 0) is 11.3 Å². The second-order valence-corrected chi connectivity index (χ2v) is 7.08. The molecule has 0 unspecified atom stereocenters. The Hall–Kier alpha value is -3.25. The molecule has 0 spiro atoms. The van der Waals surface area contributed by atoms with E-state index in [0.29, 0.717) is 16.1 Å². The van der Waals surface area contributed by atoms with Gasteiger partial charge < -0.3 is 9.14 Å². The predicted molar refractivity (Wildman–Crippen MR) is 103 cm³/mol. The van der Waals surface area contributed by atoms with Gasteiger partial charge in [0, 0.05) is 18.0 Å². The van der Waals surface area contributed by atoms with Crippen LogP contribution < -0.4 is 0 Å². The van der Waals surface area contributed by atoms with Crippen LogP contribution in [0.25, 0.3) is 5.65 Å². The number of pyridine rings is 1. The highest BCUT2D eigenvalue weighted by Gasteiger charge is 2.20. The topological polar surface area (TPSA) is 60.7 Å². The van der Waals surface area contributed by atoms with Crippen molar-refractivity contribution in [2.24, 2.45) is 0 Å². The first-order chi connectivity index (χ1) is 13.1. The van der Waals surface area contributed by atoms with E-state index in [9.17, 15) is 9.59 Å². The fraction of sp³-hybridized carbons (Fsp3) is 0.0952. The Morgan fingerprint density at radius 2 is 1.85 bits per heavy atom. The van der Waals surface area contributed by atoms with Gasteiger partial charge in [-0.3, -0.25) is 4.79 Å². The summed E-state index contributed by atoms with van der Waals surface area (Å²) in [5.41, 5.74) is 3.16. The molecule has 0 radical (unpaired) electrons. The molecule has 0 aliphatic heterocycles. The first kappa shape index (κ1) is 17.2. The zero-order valence-electron chi connectivity index (χ0n) is 14.6. The molecule has 0 saturated carbocycles. The van der Waals surface area contributed by atoms with Crippen molar-refractivity contribution in [3.8, 4) is 0 Å². The summed E-state index contributed by atoms with van der Waals surface area (Å²) in [6, 6.07) is 14.2. The fourth-order valence-corrected chi connectivity index (χ4v) is 3.52. The Morgan fingerprint density at radius 3 is 2.63 bits per heavy atom. The first-order valence-electron chi connectivity index (χ1n) is 8.40. The number of carbonyl (C=O) groups is 2. The van der Waals surface area contributed by atoms with Gasteiger partial charge in [-0.05, 0) is 36.1 Å². The van der Waals surface area contributed by atoms with Crippen molar-refractivity contribution in [2.45, 2.75) is 13.5 Å². The van der Waals surface area contributed by atoms with E-state index in [4.69, 9.17) is 4.74 Å². The number of fused-ring (bicyclic) bond motifs is 1. The van der Waals surface area contributed by atoms with Crippen molar-refractivity contribution < 1.29 is 14.3 Å². The van der Waals surface area contributed by atoms with Gasteiger partial charge >= 0.3 is 5.97 Å². The minimum absolute atomic E-state index is 0.0427. The summed E-state index contributed by atoms with van der Waals surface area (Å²) in [4.78, 5) is 30.2. The number of hydrogen-bond acceptors (Lipinski definition) is 5. The normalized spacial score (nSPS) is 10.9. The van der Waals surface area contributed by atoms with Crippen LogP contribution >= 0.6 is 11.3 Å². The van der Waals surface area contributed by atoms with E-state index in [1.807, 2.05) is 47.3 Å². The molecule has 4 aromatic rings. The van der Waals surface area contributed by atoms with Gasteiger partial charge in [0.25, 0.3) is 0 Å². The predicted octanol–water partition coefficient (Wildman–Crippen LogP) is 4.29. The Kier molecular flexibility index (Phi) is 4.56. The zero-order chi connectivity index (χ0) is 18.8. The fourth-order valence-electron chi connectivity index (χ4n) is 2.84. The molecule has 0 saturated heterocycles. The van der Waals surface area contributed by atoms with Crippen molar-refractivity contribution in [3.63, 3.8) is 0 Å². The second kappa shape index (κ2) is 7.17. The molecule has 0 amide bonds. The number of benzene rings is 1. The van der Waals surface area contributed by atoms with Crippen molar-refractivity contribution in [3.05, 3.63) is 93.6 Å². The molecule has 3 heterocycles. The van der Waals surface area contributed by atoms with E-state index in [2.05, 4.69) is 4.98 Å². The van der Waals surface area contributed by atoms with Crippen molar-refractivity contribution in [1.29, 1.82) is 0 Å². The summed E-state index contributed by atoms with van der Waals surface area (Å²) in [5, 5.41) is 1.83. The Morgan fingerprint density at radius 1 is 1.04 bits per heavy atom. The largest absolute Gasteiger partial charge is 0.455 e. The van der Waals surface area contributed by atoms with Crippen LogP contribution in [0.2, 0.25) is 0 Å². The van der Waals surface area contributed by atoms with Crippen LogP contribution in [0.3, 0.4) is 0 Å². The minimum Gasteiger partial charge on any atom is -0.455 e. The lowest BCUT2D eigenvalue weighted by atomic mass is 10.0. The molecule has 0 aliphatic carbocycles. The Labute approximate surface area is 159 Å². The number of aromatic nitrogens is 2. The third kappa shape index (κ3) is 3.52. The average Bonchev–Trinajstić information content (AvgIpc) is 3.34. The number of carbonyl (C=O) groups excluding carboxylic acids is 2. The van der Waals surface area contributed by atoms with Gasteiger partial charge in [0.15, 0.2) is 0 Å². The van der Waals surface area contributed by atoms with Crippen LogP contribution in [-0.4, -0.2) is 21.1 Å². The van der Waals surface area contributed by atoms with Crippen molar-refractivity contribution >= 4 is 28.7 Å². The molecule has 0 atom stereocenters. The number of ether oxygens (including phenoxy) is 1. The molecule has 0 fully saturated rings. The number of nitrogens with zero attached hydrogens (tertiary/aromatic N) is 2. The highest BCUT2D eigenvalue weighted by atomic mass is 32.1. The van der Waals surface area contributed by atoms with Crippen LogP contribution in [0.5, 0.6) is 0 Å². The van der Waals surface area contributed by atoms with Gasteiger partial charge in [-0.15, -0.1) is 11.3 Å². The lowest BCUT2D eigenvalue weighted by Gasteiger charge is -2.07. The molecule has 1 aromatic carbocycles. The summed E-state index contributed by atoms with van der Waals surface area (Å²) in [7, 11) is 0. The van der Waals surface area contributed by atoms with Gasteiger partial charge in [0.2, 0.25) is 5.78 Å². The third-order valence-electron chi connectivity index (χ3n) is 4.14. The lowest BCUT2D eigenvalue weighted by Crippen LogP contribution is -2.12. The molecule has 4 rings (SSSR count). The molecule has 0 N–H and O–H groups in total. The summed E-state index contributed by atoms with van der Waals surface area (Å²) in [6.45, 7) is 2.04. The summed E-state index contributed by atoms with van der Waals surface area (Å²) < 4.78 is 7.31. The van der Waals surface area contributed by atoms with Crippen molar-refractivity contribution in [2.75, 3.05) is 0 Å². The molecule has 5 nitrogen and oxygen atoms in total. The highest BCUT2D eigenvalue weighted by molar-refractivity contribution is 7.12. The minimum atomic E-state index is -0.538. The summed E-state index contributed by atoms with van der Waals surface area (Å²) >= 11 is 1.35. The highest BCUT2D eigenvalue weighted by Crippen LogP contribution is 2.19. The molecule has 6 heteroatoms. The van der Waals surface area contributed by atoms with Gasteiger partial charge in [-0.1, -0.05) is 30.3 Å². The molecule has 27 heavy (non-hydrogen) atoms. The summed E-state index contributed by atoms with van der Waals surface area (Å²) in [6.07, 6.45) is 3.79. The van der Waals surface area contributed by atoms with Crippen LogP contribution in [0.15, 0.2) is 66.3 Å². The summed E-state index contributed by atoms with van der Waals surface area (Å²) in [5.74, 6) is -0.718. The molecular weight excluding hydrogens is 360 g/mol. The molecule has 0 bridgehead atoms. The number of aryl methyl sites for hydroxylation is 1. The maximum Gasteiger partial charge on any atom is 0.339 e. The number of thiophene rings is 1. The van der Waals surface area contributed by atoms with E-state index in [-0.39, 0.29) is 18.0 Å². The molecule has 0 aliphatic rings. The average molecular weight is 376 g/mol. The SMILES string of the molecule is Cc1ccc2nc(COC(=O)c3ccccc3C(=O)c3cccs3)cn2c1. The molecule has 3 aromatic heterocycles. The van der Waals surface area contributed by atoms with Gasteiger partial charge in [0.1, 0.15) is 12.3 Å². The van der Waals surface area contributed by atoms with E-state index < -0.39 is 5.97 Å². The van der Waals surface area contributed by atoms with Crippen molar-refractivity contribution in [1.82, 2.24) is 9.38 Å². The van der Waals surface area contributed by atoms with Crippen LogP contribution in [0.4, 0.5) is 0 Å². The maximum absolute atomic E-state index is 12.6. The smallest absolute Gasteiger partial charge is 0.339 e. The zero-order valence-corrected chi connectivity index (χ0v) is 15.4. The maximum atomic E-state index is 12.6. The van der Waals surface area contributed by atoms with Gasteiger partial charge in [-0.2, -0.15) is 0 Å². The quantitative estimate of drug-likeness (QED) is 0.385. The van der Waals surface area contributed by atoms with E-state index in [1.54, 1.807) is 30.3 Å². The standard InChI is InChI=1S/C21H16N2O3S/c1-14-8-9-19-22-15(12-23(19)11-14)13-26-21(25)17-6-3-2-5-16(17)20(24)18-7-4-10-27-18/h2-12H,13H2,1H3. The Bertz CT molecular complexity index is 1130. The molecule has 134 valence electrons. The van der Waals surface area contributed by atoms with E-state index in [1.165, 1.54) is 11.3 Å². The van der Waals surface area contributed by atoms with Crippen LogP contribution in [0.1, 0.15) is 36.9 Å². The number of ketones is 1. The van der Waals surface area contributed by atoms with Gasteiger partial charge in [-0.25, -0.2) is 9.78 Å². The van der Waals surface area contributed by atoms with E-state index >= 15 is 0 Å². The molecular formula is C21H16N2O3S. The number of rotatable bonds is 5. The van der Waals surface area contributed by atoms with Crippen LogP contribution in [0, 0.1) is 6.92 Å². The second-order valence-electron chi connectivity index (χ2n) is 6.13.